The van der Waals surface area contributed by atoms with E-state index in [9.17, 15) is 32.3 Å². The van der Waals surface area contributed by atoms with E-state index in [0.717, 1.165) is 6.07 Å². The van der Waals surface area contributed by atoms with Crippen LogP contribution in [-0.4, -0.2) is 38.8 Å². The molecule has 3 rings (SSSR count). The topological polar surface area (TPSA) is 169 Å². The molecule has 1 amide bonds. The van der Waals surface area contributed by atoms with Gasteiger partial charge in [-0.15, -0.1) is 45.5 Å². The standard InChI is InChI=1S/C19H15BrN4O4S3.CHF3O2/c1-29-19-16(10-15(30-19)17(21)22)31(28,14-7-3-5-12(20)9-14)23-18(25)11-4-2-6-13(8-11)24(26)27;2-1(3,4)6-5/h2-10H,1H3,(H3,21,22);5H. The second kappa shape index (κ2) is 12.6. The van der Waals surface area contributed by atoms with Crippen LogP contribution in [0.1, 0.15) is 15.2 Å². The first-order valence-electron chi connectivity index (χ1n) is 9.45. The highest BCUT2D eigenvalue weighted by molar-refractivity contribution is 9.10. The fourth-order valence-electron chi connectivity index (χ4n) is 2.62. The molecule has 1 atom stereocenters. The van der Waals surface area contributed by atoms with Gasteiger partial charge in [-0.25, -0.2) is 9.47 Å². The van der Waals surface area contributed by atoms with Crippen molar-refractivity contribution >= 4 is 66.2 Å². The summed E-state index contributed by atoms with van der Waals surface area (Å²) in [5.41, 5.74) is 5.30. The van der Waals surface area contributed by atoms with Gasteiger partial charge in [-0.05, 0) is 36.6 Å². The third-order valence-electron chi connectivity index (χ3n) is 4.15. The molecule has 3 aromatic rings. The number of benzene rings is 2. The predicted molar refractivity (Wildman–Crippen MR) is 136 cm³/mol. The molecule has 198 valence electrons. The lowest BCUT2D eigenvalue weighted by Crippen LogP contribution is -2.09. The van der Waals surface area contributed by atoms with Crippen molar-refractivity contribution in [3.8, 4) is 0 Å². The number of nitrogens with one attached hydrogen (secondary N) is 1. The maximum atomic E-state index is 14.3. The van der Waals surface area contributed by atoms with Crippen LogP contribution >= 0.6 is 39.0 Å². The molecule has 4 N–H and O–H groups in total. The van der Waals surface area contributed by atoms with Crippen molar-refractivity contribution in [2.24, 2.45) is 10.1 Å². The molecule has 0 saturated carbocycles. The Balaban J connectivity index is 0.000000717. The molecule has 10 nitrogen and oxygen atoms in total. The van der Waals surface area contributed by atoms with Crippen LogP contribution in [0.2, 0.25) is 0 Å². The minimum atomic E-state index is -4.90. The molecule has 0 fully saturated rings. The maximum absolute atomic E-state index is 14.3. The number of non-ortho nitro benzene ring substituents is 1. The Hall–Kier alpha value is -2.83. The quantitative estimate of drug-likeness (QED) is 0.0719. The van der Waals surface area contributed by atoms with Gasteiger partial charge in [-0.3, -0.25) is 20.3 Å². The molecule has 0 aliphatic carbocycles. The van der Waals surface area contributed by atoms with E-state index in [1.807, 2.05) is 4.89 Å². The molecule has 1 aromatic heterocycles. The number of nitrogen functional groups attached to an aromatic ring is 1. The van der Waals surface area contributed by atoms with Gasteiger partial charge >= 0.3 is 6.36 Å². The molecule has 0 aliphatic rings. The van der Waals surface area contributed by atoms with Crippen molar-refractivity contribution < 1.29 is 37.2 Å². The highest BCUT2D eigenvalue weighted by Crippen LogP contribution is 2.39. The number of alkyl halides is 3. The van der Waals surface area contributed by atoms with Crippen molar-refractivity contribution in [1.82, 2.24) is 0 Å². The number of amides is 1. The van der Waals surface area contributed by atoms with E-state index in [0.29, 0.717) is 13.6 Å². The summed E-state index contributed by atoms with van der Waals surface area (Å²) in [7, 11) is -3.49. The van der Waals surface area contributed by atoms with Gasteiger partial charge in [-0.2, -0.15) is 0 Å². The normalized spacial score (nSPS) is 12.6. The summed E-state index contributed by atoms with van der Waals surface area (Å²) in [6.45, 7) is 0. The number of halogens is 4. The van der Waals surface area contributed by atoms with Crippen LogP contribution in [0, 0.1) is 15.5 Å². The number of hydrogen-bond donors (Lipinski definition) is 3. The minimum Gasteiger partial charge on any atom is -0.383 e. The van der Waals surface area contributed by atoms with Crippen LogP contribution in [0.3, 0.4) is 0 Å². The van der Waals surface area contributed by atoms with Crippen LogP contribution in [0.15, 0.2) is 77.4 Å². The molecular formula is C20H16BrF3N4O6S3. The van der Waals surface area contributed by atoms with Gasteiger partial charge in [0.25, 0.3) is 11.6 Å². The Morgan fingerprint density at radius 3 is 2.41 bits per heavy atom. The summed E-state index contributed by atoms with van der Waals surface area (Å²) >= 11 is 5.83. The Kier molecular flexibility index (Phi) is 10.4. The van der Waals surface area contributed by atoms with E-state index in [-0.39, 0.29) is 26.9 Å². The summed E-state index contributed by atoms with van der Waals surface area (Å²) in [5, 5.41) is 25.6. The Labute approximate surface area is 224 Å². The molecule has 0 saturated heterocycles. The average molecular weight is 641 g/mol. The zero-order valence-electron chi connectivity index (χ0n) is 18.4. The largest absolute Gasteiger partial charge is 0.549 e. The highest BCUT2D eigenvalue weighted by atomic mass is 79.9. The molecule has 2 aromatic carbocycles. The van der Waals surface area contributed by atoms with Gasteiger partial charge in [-0.1, -0.05) is 28.1 Å². The zero-order valence-corrected chi connectivity index (χ0v) is 22.4. The summed E-state index contributed by atoms with van der Waals surface area (Å²) < 4.78 is 50.6. The zero-order chi connectivity index (χ0) is 28.0. The van der Waals surface area contributed by atoms with E-state index < -0.39 is 26.9 Å². The maximum Gasteiger partial charge on any atom is 0.549 e. The van der Waals surface area contributed by atoms with Gasteiger partial charge in [0.15, 0.2) is 0 Å². The summed E-state index contributed by atoms with van der Waals surface area (Å²) in [4.78, 5) is 26.3. The van der Waals surface area contributed by atoms with E-state index in [4.69, 9.17) is 16.4 Å². The first kappa shape index (κ1) is 30.4. The number of rotatable bonds is 6. The third kappa shape index (κ3) is 8.08. The van der Waals surface area contributed by atoms with E-state index in [2.05, 4.69) is 20.3 Å². The molecule has 1 heterocycles. The monoisotopic (exact) mass is 640 g/mol. The van der Waals surface area contributed by atoms with Crippen molar-refractivity contribution in [3.05, 3.63) is 79.6 Å². The van der Waals surface area contributed by atoms with Crippen LogP contribution < -0.4 is 5.73 Å². The van der Waals surface area contributed by atoms with E-state index in [1.54, 1.807) is 30.5 Å². The van der Waals surface area contributed by atoms with Gasteiger partial charge < -0.3 is 5.73 Å². The summed E-state index contributed by atoms with van der Waals surface area (Å²) in [6, 6.07) is 13.2. The van der Waals surface area contributed by atoms with E-state index >= 15 is 0 Å². The SMILES string of the molecule is CSc1sc(C(=N)N)cc1S(=O)(=NC(=O)c1cccc([N+](=O)[O-])c1)c1cccc(Br)c1.OOC(F)(F)F. The smallest absolute Gasteiger partial charge is 0.383 e. The third-order valence-corrected chi connectivity index (χ3v) is 9.44. The Morgan fingerprint density at radius 2 is 1.89 bits per heavy atom. The lowest BCUT2D eigenvalue weighted by molar-refractivity contribution is -0.464. The molecule has 0 aliphatic heterocycles. The highest BCUT2D eigenvalue weighted by Gasteiger charge is 2.29. The Bertz CT molecular complexity index is 1460. The fraction of sp³-hybridized carbons (Fsp3) is 0.100. The van der Waals surface area contributed by atoms with Crippen molar-refractivity contribution in [2.75, 3.05) is 6.26 Å². The van der Waals surface area contributed by atoms with Gasteiger partial charge in [0, 0.05) is 22.2 Å². The molecule has 0 spiro atoms. The number of nitrogens with two attached hydrogens (primary N) is 1. The second-order valence-corrected chi connectivity index (χ2v) is 11.8. The lowest BCUT2D eigenvalue weighted by atomic mass is 10.2. The average Bonchev–Trinajstić information content (AvgIpc) is 3.30. The number of thiophene rings is 1. The number of thioether (sulfide) groups is 1. The number of hydrogen-bond acceptors (Lipinski definition) is 9. The fourth-order valence-corrected chi connectivity index (χ4v) is 7.65. The molecule has 37 heavy (non-hydrogen) atoms. The predicted octanol–water partition coefficient (Wildman–Crippen LogP) is 6.15. The van der Waals surface area contributed by atoms with Gasteiger partial charge in [0.1, 0.15) is 15.6 Å². The first-order chi connectivity index (χ1) is 17.2. The van der Waals surface area contributed by atoms with Crippen LogP contribution in [0.5, 0.6) is 0 Å². The number of carbonyl (C=O) groups excluding carboxylic acids is 1. The number of carbonyl (C=O) groups is 1. The molecule has 0 bridgehead atoms. The van der Waals surface area contributed by atoms with Crippen molar-refractivity contribution in [1.29, 1.82) is 5.41 Å². The number of amidine groups is 1. The van der Waals surface area contributed by atoms with Crippen LogP contribution in [0.4, 0.5) is 18.9 Å². The van der Waals surface area contributed by atoms with E-state index in [1.165, 1.54) is 47.4 Å². The summed E-state index contributed by atoms with van der Waals surface area (Å²) in [6.07, 6.45) is -3.12. The molecule has 17 heteroatoms. The first-order valence-corrected chi connectivity index (χ1v) is 13.8. The lowest BCUT2D eigenvalue weighted by Gasteiger charge is -2.11. The van der Waals surface area contributed by atoms with Gasteiger partial charge in [0.05, 0.1) is 23.8 Å². The molecule has 1 unspecified atom stereocenters. The Morgan fingerprint density at radius 1 is 1.27 bits per heavy atom. The minimum absolute atomic E-state index is 0.0513. The number of nitro benzene ring substituents is 1. The van der Waals surface area contributed by atoms with Crippen molar-refractivity contribution in [3.63, 3.8) is 0 Å². The van der Waals surface area contributed by atoms with Crippen LogP contribution in [-0.2, 0) is 14.6 Å². The van der Waals surface area contributed by atoms with Crippen molar-refractivity contribution in [2.45, 2.75) is 20.4 Å². The number of nitrogens with zero attached hydrogens (tertiary/aromatic N) is 2. The summed E-state index contributed by atoms with van der Waals surface area (Å²) in [5.74, 6) is -1.04. The molecular weight excluding hydrogens is 625 g/mol. The van der Waals surface area contributed by atoms with Crippen LogP contribution in [0.25, 0.3) is 0 Å². The molecule has 0 radical (unpaired) electrons. The number of nitro groups is 1. The van der Waals surface area contributed by atoms with Gasteiger partial charge in [0.2, 0.25) is 0 Å². The second-order valence-electron chi connectivity index (χ2n) is 6.60.